The minimum absolute atomic E-state index is 0. The molecule has 0 N–H and O–H groups in total. The Morgan fingerprint density at radius 1 is 1.18 bits per heavy atom. The van der Waals surface area contributed by atoms with Gasteiger partial charge >= 0.3 is 75.0 Å². The van der Waals surface area contributed by atoms with E-state index in [1.54, 1.807) is 0 Å². The van der Waals surface area contributed by atoms with Crippen molar-refractivity contribution in [3.8, 4) is 0 Å². The van der Waals surface area contributed by atoms with Gasteiger partial charge in [0.15, 0.2) is 0 Å². The molecule has 1 aromatic carbocycles. The number of benzene rings is 1. The Labute approximate surface area is 76.8 Å². The van der Waals surface area contributed by atoms with Crippen molar-refractivity contribution in [3.05, 3.63) is 29.8 Å². The summed E-state index contributed by atoms with van der Waals surface area (Å²) in [6.45, 7) is 6.71. The van der Waals surface area contributed by atoms with Crippen molar-refractivity contribution in [1.82, 2.24) is 0 Å². The van der Waals surface area contributed by atoms with Crippen LogP contribution in [-0.2, 0) is 0 Å². The minimum Gasteiger partial charge on any atom is -1.00 e. The molecule has 0 aliphatic carbocycles. The minimum atomic E-state index is 0. The Kier molecular flexibility index (Phi) is 3.18. The molecule has 0 nitrogen and oxygen atoms in total. The Morgan fingerprint density at radius 3 is 2.18 bits per heavy atom. The van der Waals surface area contributed by atoms with Crippen molar-refractivity contribution in [2.24, 2.45) is 0 Å². The number of hydrogen-bond donors (Lipinski definition) is 0. The predicted octanol–water partition coefficient (Wildman–Crippen LogP) is 2.27. The normalized spacial score (nSPS) is 9.82. The Morgan fingerprint density at radius 2 is 1.73 bits per heavy atom. The monoisotopic (exact) mass is 162 g/mol. The third-order valence-corrected chi connectivity index (χ3v) is 3.04. The summed E-state index contributed by atoms with van der Waals surface area (Å²) in [4.78, 5) is 0. The molecule has 1 rings (SSSR count). The molecule has 0 spiro atoms. The van der Waals surface area contributed by atoms with Crippen LogP contribution in [0.15, 0.2) is 24.3 Å². The van der Waals surface area contributed by atoms with Crippen LogP contribution in [0, 0.1) is 6.92 Å². The van der Waals surface area contributed by atoms with Crippen molar-refractivity contribution in [2.75, 3.05) is 0 Å². The molecule has 0 unspecified atom stereocenters. The molecule has 0 radical (unpaired) electrons. The zero-order valence-corrected chi connectivity index (χ0v) is 8.62. The van der Waals surface area contributed by atoms with Gasteiger partial charge < -0.3 is 1.43 Å². The van der Waals surface area contributed by atoms with Crippen molar-refractivity contribution in [1.29, 1.82) is 0 Å². The van der Waals surface area contributed by atoms with E-state index in [0.29, 0.717) is 15.2 Å². The van der Waals surface area contributed by atoms with Crippen molar-refractivity contribution < 1.29 is 1.43 Å². The summed E-state index contributed by atoms with van der Waals surface area (Å²) in [6, 6.07) is 8.91. The van der Waals surface area contributed by atoms with Crippen LogP contribution in [0.1, 0.15) is 20.8 Å². The fraction of sp³-hybridized carbons (Fsp3) is 0.400. The van der Waals surface area contributed by atoms with Crippen LogP contribution in [0.4, 0.5) is 0 Å². The largest absolute Gasteiger partial charge is 1.00 e. The fourth-order valence-electron chi connectivity index (χ4n) is 1.06. The number of rotatable bonds is 2. The summed E-state index contributed by atoms with van der Waals surface area (Å²) < 4.78 is 2.38. The van der Waals surface area contributed by atoms with Crippen molar-refractivity contribution in [2.45, 2.75) is 25.6 Å². The maximum atomic E-state index is 2.29. The third-order valence-electron chi connectivity index (χ3n) is 1.60. The number of aryl methyl sites for hydroxylation is 1. The van der Waals surface area contributed by atoms with Crippen LogP contribution in [0.2, 0.25) is 4.78 Å². The van der Waals surface area contributed by atoms with Crippen molar-refractivity contribution >= 4 is 19.6 Å². The van der Waals surface area contributed by atoms with Crippen LogP contribution in [-0.4, -0.2) is 15.2 Å². The first-order chi connectivity index (χ1) is 5.18. The van der Waals surface area contributed by atoms with E-state index in [1.165, 1.54) is 9.99 Å². The second-order valence-electron chi connectivity index (χ2n) is 3.32. The molecule has 1 aromatic rings. The topological polar surface area (TPSA) is 0 Å². The molecule has 0 saturated heterocycles. The molecule has 1 heteroatoms. The van der Waals surface area contributed by atoms with Gasteiger partial charge in [0.1, 0.15) is 0 Å². The first kappa shape index (κ1) is 8.85. The van der Waals surface area contributed by atoms with E-state index in [4.69, 9.17) is 0 Å². The average Bonchev–Trinajstić information content (AvgIpc) is 1.93. The molecule has 0 aliphatic heterocycles. The summed E-state index contributed by atoms with van der Waals surface area (Å²) in [5, 5.41) is 0. The predicted molar refractivity (Wildman–Crippen MR) is 52.8 cm³/mol. The smallest absolute Gasteiger partial charge is 1.00 e. The van der Waals surface area contributed by atoms with Gasteiger partial charge in [-0.05, 0) is 0 Å². The molecule has 0 amide bonds. The zero-order chi connectivity index (χ0) is 8.27. The van der Waals surface area contributed by atoms with Gasteiger partial charge in [-0.2, -0.15) is 0 Å². The number of hydrogen-bond acceptors (Lipinski definition) is 0. The standard InChI is InChI=1S/C7H7.C3H7.Al.H/c1-7-5-3-2-4-6-7;1-3-2;;/h3-6H,1H3;3H,1-2H3;;/q;;+1;-1. The summed E-state index contributed by atoms with van der Waals surface area (Å²) in [7, 11) is 0. The maximum Gasteiger partial charge on any atom is -1.00 e. The Bertz CT molecular complexity index is 216. The first-order valence-corrected chi connectivity index (χ1v) is 5.34. The van der Waals surface area contributed by atoms with E-state index < -0.39 is 0 Å². The second-order valence-corrected chi connectivity index (χ2v) is 5.65. The molecule has 58 valence electrons. The van der Waals surface area contributed by atoms with Crippen LogP contribution >= 0.6 is 0 Å². The van der Waals surface area contributed by atoms with Gasteiger partial charge in [0.25, 0.3) is 0 Å². The molecular weight excluding hydrogens is 147 g/mol. The van der Waals surface area contributed by atoms with Crippen LogP contribution in [0.3, 0.4) is 0 Å². The quantitative estimate of drug-likeness (QED) is 0.585. The van der Waals surface area contributed by atoms with Crippen LogP contribution < -0.4 is 4.43 Å². The molecule has 0 saturated carbocycles. The molecular formula is C10H15Al. The Hall–Kier alpha value is -0.248. The van der Waals surface area contributed by atoms with E-state index in [2.05, 4.69) is 45.0 Å². The van der Waals surface area contributed by atoms with Gasteiger partial charge in [-0.1, -0.05) is 0 Å². The first-order valence-electron chi connectivity index (χ1n) is 4.10. The second kappa shape index (κ2) is 3.95. The summed E-state index contributed by atoms with van der Waals surface area (Å²) in [5.41, 5.74) is 1.36. The van der Waals surface area contributed by atoms with E-state index in [0.717, 1.165) is 4.78 Å². The summed E-state index contributed by atoms with van der Waals surface area (Å²) in [5.74, 6) is 0. The molecule has 0 atom stereocenters. The summed E-state index contributed by atoms with van der Waals surface area (Å²) in [6.07, 6.45) is 0. The van der Waals surface area contributed by atoms with E-state index in [1.807, 2.05) is 0 Å². The van der Waals surface area contributed by atoms with Gasteiger partial charge in [-0.3, -0.25) is 0 Å². The van der Waals surface area contributed by atoms with Crippen LogP contribution in [0.25, 0.3) is 0 Å². The van der Waals surface area contributed by atoms with E-state index in [9.17, 15) is 0 Å². The Balaban J connectivity index is 0.00000121. The van der Waals surface area contributed by atoms with E-state index in [-0.39, 0.29) is 1.43 Å². The fourth-order valence-corrected chi connectivity index (χ4v) is 2.25. The molecule has 11 heavy (non-hydrogen) atoms. The maximum absolute atomic E-state index is 2.29. The SMILES string of the molecule is Cc1cc[c]([Al+][CH](C)C)cc1.[H-]. The molecule has 0 bridgehead atoms. The van der Waals surface area contributed by atoms with Crippen LogP contribution in [0.5, 0.6) is 0 Å². The van der Waals surface area contributed by atoms with Gasteiger partial charge in [-0.25, -0.2) is 0 Å². The van der Waals surface area contributed by atoms with E-state index >= 15 is 0 Å². The molecule has 0 aromatic heterocycles. The molecule has 0 aliphatic rings. The third kappa shape index (κ3) is 3.10. The van der Waals surface area contributed by atoms with Gasteiger partial charge in [-0.15, -0.1) is 0 Å². The summed E-state index contributed by atoms with van der Waals surface area (Å²) >= 11 is 0.482. The van der Waals surface area contributed by atoms with Gasteiger partial charge in [0.2, 0.25) is 0 Å². The van der Waals surface area contributed by atoms with Gasteiger partial charge in [0.05, 0.1) is 0 Å². The molecule has 0 fully saturated rings. The zero-order valence-electron chi connectivity index (χ0n) is 8.46. The average molecular weight is 162 g/mol. The van der Waals surface area contributed by atoms with Gasteiger partial charge in [0, 0.05) is 0 Å². The molecule has 0 heterocycles. The van der Waals surface area contributed by atoms with Crippen molar-refractivity contribution in [3.63, 3.8) is 0 Å².